The first-order valence-corrected chi connectivity index (χ1v) is 6.19. The highest BCUT2D eigenvalue weighted by atomic mass is 16.6. The van der Waals surface area contributed by atoms with Crippen LogP contribution >= 0.6 is 0 Å². The minimum absolute atomic E-state index is 0.0819. The van der Waals surface area contributed by atoms with Crippen molar-refractivity contribution in [2.45, 2.75) is 20.4 Å². The lowest BCUT2D eigenvalue weighted by Gasteiger charge is -2.11. The minimum atomic E-state index is -0.544. The van der Waals surface area contributed by atoms with Gasteiger partial charge < -0.3 is 11.1 Å². The van der Waals surface area contributed by atoms with Gasteiger partial charge in [0.1, 0.15) is 5.82 Å². The summed E-state index contributed by atoms with van der Waals surface area (Å²) in [5, 5.41) is 13.8. The van der Waals surface area contributed by atoms with Crippen molar-refractivity contribution in [2.75, 3.05) is 11.1 Å². The van der Waals surface area contributed by atoms with Crippen LogP contribution in [0.25, 0.3) is 0 Å². The number of hydrogen-bond acceptors (Lipinski definition) is 5. The first-order valence-electron chi connectivity index (χ1n) is 6.19. The maximum atomic E-state index is 10.7. The Kier molecular flexibility index (Phi) is 3.84. The van der Waals surface area contributed by atoms with E-state index < -0.39 is 4.92 Å². The molecule has 0 radical (unpaired) electrons. The summed E-state index contributed by atoms with van der Waals surface area (Å²) in [5.74, 6) is 0.442. The molecule has 0 saturated carbocycles. The zero-order valence-corrected chi connectivity index (χ0v) is 11.4. The summed E-state index contributed by atoms with van der Waals surface area (Å²) < 4.78 is 0. The highest BCUT2D eigenvalue weighted by Gasteiger charge is 2.12. The largest absolute Gasteiger partial charge is 0.378 e. The quantitative estimate of drug-likeness (QED) is 0.659. The van der Waals surface area contributed by atoms with Gasteiger partial charge in [-0.3, -0.25) is 10.1 Å². The monoisotopic (exact) mass is 272 g/mol. The molecule has 20 heavy (non-hydrogen) atoms. The zero-order valence-electron chi connectivity index (χ0n) is 11.4. The van der Waals surface area contributed by atoms with E-state index in [1.165, 1.54) is 22.8 Å². The van der Waals surface area contributed by atoms with Crippen molar-refractivity contribution in [3.05, 3.63) is 57.1 Å². The van der Waals surface area contributed by atoms with Gasteiger partial charge in [0, 0.05) is 12.6 Å². The number of nitrogens with one attached hydrogen (secondary N) is 1. The molecular formula is C14H16N4O2. The Morgan fingerprint density at radius 3 is 2.45 bits per heavy atom. The average molecular weight is 272 g/mol. The highest BCUT2D eigenvalue weighted by Crippen LogP contribution is 2.21. The van der Waals surface area contributed by atoms with E-state index in [9.17, 15) is 10.1 Å². The van der Waals surface area contributed by atoms with E-state index in [4.69, 9.17) is 5.73 Å². The van der Waals surface area contributed by atoms with E-state index in [1.54, 1.807) is 6.07 Å². The minimum Gasteiger partial charge on any atom is -0.378 e. The van der Waals surface area contributed by atoms with Crippen molar-refractivity contribution in [1.82, 2.24) is 4.98 Å². The van der Waals surface area contributed by atoms with Crippen LogP contribution in [0.5, 0.6) is 0 Å². The van der Waals surface area contributed by atoms with E-state index in [2.05, 4.69) is 10.3 Å². The lowest BCUT2D eigenvalue weighted by molar-refractivity contribution is -0.384. The Morgan fingerprint density at radius 1 is 1.25 bits per heavy atom. The predicted molar refractivity (Wildman–Crippen MR) is 78.5 cm³/mol. The van der Waals surface area contributed by atoms with Crippen LogP contribution < -0.4 is 11.1 Å². The maximum absolute atomic E-state index is 10.7. The molecule has 0 saturated heterocycles. The molecular weight excluding hydrogens is 256 g/mol. The molecule has 0 unspecified atom stereocenters. The molecule has 0 aliphatic heterocycles. The van der Waals surface area contributed by atoms with Crippen LogP contribution in [0.2, 0.25) is 0 Å². The maximum Gasteiger partial charge on any atom is 0.311 e. The van der Waals surface area contributed by atoms with Gasteiger partial charge in [-0.1, -0.05) is 18.2 Å². The van der Waals surface area contributed by atoms with Crippen LogP contribution in [-0.2, 0) is 6.54 Å². The van der Waals surface area contributed by atoms with E-state index in [0.29, 0.717) is 12.4 Å². The van der Waals surface area contributed by atoms with Crippen molar-refractivity contribution in [3.63, 3.8) is 0 Å². The summed E-state index contributed by atoms with van der Waals surface area (Å²) in [7, 11) is 0. The van der Waals surface area contributed by atoms with Gasteiger partial charge in [-0.15, -0.1) is 0 Å². The molecule has 1 aromatic heterocycles. The lowest BCUT2D eigenvalue weighted by Crippen LogP contribution is -2.06. The van der Waals surface area contributed by atoms with Gasteiger partial charge in [0.2, 0.25) is 5.82 Å². The second-order valence-electron chi connectivity index (χ2n) is 4.58. The molecule has 0 atom stereocenters. The predicted octanol–water partition coefficient (Wildman–Crippen LogP) is 2.80. The van der Waals surface area contributed by atoms with Crippen molar-refractivity contribution < 1.29 is 4.92 Å². The molecule has 6 nitrogen and oxygen atoms in total. The number of nitrogens with two attached hydrogens (primary N) is 1. The Hall–Kier alpha value is -2.63. The fraction of sp³-hybridized carbons (Fsp3) is 0.214. The van der Waals surface area contributed by atoms with Crippen LogP contribution in [0.1, 0.15) is 16.7 Å². The average Bonchev–Trinajstić information content (AvgIpc) is 2.37. The molecule has 0 spiro atoms. The Balaban J connectivity index is 2.16. The Labute approximate surface area is 116 Å². The molecule has 1 aromatic carbocycles. The fourth-order valence-corrected chi connectivity index (χ4v) is 2.03. The number of hydrogen-bond donors (Lipinski definition) is 2. The van der Waals surface area contributed by atoms with Crippen molar-refractivity contribution in [1.29, 1.82) is 0 Å². The second-order valence-corrected chi connectivity index (χ2v) is 4.58. The smallest absolute Gasteiger partial charge is 0.311 e. The molecule has 2 aromatic rings. The van der Waals surface area contributed by atoms with E-state index >= 15 is 0 Å². The summed E-state index contributed by atoms with van der Waals surface area (Å²) in [5.41, 5.74) is 8.94. The molecule has 0 fully saturated rings. The zero-order chi connectivity index (χ0) is 14.7. The number of nitrogens with zero attached hydrogens (tertiary/aromatic N) is 2. The third-order valence-corrected chi connectivity index (χ3v) is 3.19. The fourth-order valence-electron chi connectivity index (χ4n) is 2.03. The van der Waals surface area contributed by atoms with E-state index in [1.807, 2.05) is 32.0 Å². The molecule has 3 N–H and O–H groups in total. The molecule has 2 rings (SSSR count). The van der Waals surface area contributed by atoms with Gasteiger partial charge in [-0.2, -0.15) is 0 Å². The number of nitro groups is 1. The second kappa shape index (κ2) is 5.56. The third-order valence-electron chi connectivity index (χ3n) is 3.19. The standard InChI is InChI=1S/C14H16N4O2/c1-9-4-3-5-10(2)11(9)8-16-13-7-6-12(18(19)20)14(15)17-13/h3-7H,8H2,1-2H3,(H3,15,16,17). The Bertz CT molecular complexity index is 635. The number of aromatic nitrogens is 1. The molecule has 1 heterocycles. The number of rotatable bonds is 4. The summed E-state index contributed by atoms with van der Waals surface area (Å²) >= 11 is 0. The van der Waals surface area contributed by atoms with Crippen molar-refractivity contribution >= 4 is 17.3 Å². The topological polar surface area (TPSA) is 94.1 Å². The molecule has 0 aliphatic rings. The van der Waals surface area contributed by atoms with Gasteiger partial charge in [-0.05, 0) is 36.6 Å². The van der Waals surface area contributed by atoms with Gasteiger partial charge in [0.25, 0.3) is 0 Å². The normalized spacial score (nSPS) is 10.3. The van der Waals surface area contributed by atoms with Crippen LogP contribution in [0.4, 0.5) is 17.3 Å². The van der Waals surface area contributed by atoms with Crippen LogP contribution in [0.15, 0.2) is 30.3 Å². The molecule has 104 valence electrons. The molecule has 0 amide bonds. The van der Waals surface area contributed by atoms with Gasteiger partial charge >= 0.3 is 5.69 Å². The first-order chi connectivity index (χ1) is 9.49. The Morgan fingerprint density at radius 2 is 1.90 bits per heavy atom. The molecule has 0 bridgehead atoms. The third kappa shape index (κ3) is 2.85. The molecule has 0 aliphatic carbocycles. The SMILES string of the molecule is Cc1cccc(C)c1CNc1ccc([N+](=O)[O-])c(N)n1. The number of pyridine rings is 1. The van der Waals surface area contributed by atoms with Crippen LogP contribution in [-0.4, -0.2) is 9.91 Å². The first kappa shape index (κ1) is 13.8. The number of nitrogen functional groups attached to an aromatic ring is 1. The van der Waals surface area contributed by atoms with E-state index in [-0.39, 0.29) is 11.5 Å². The number of aryl methyl sites for hydroxylation is 2. The van der Waals surface area contributed by atoms with Crippen LogP contribution in [0, 0.1) is 24.0 Å². The summed E-state index contributed by atoms with van der Waals surface area (Å²) in [6.07, 6.45) is 0. The van der Waals surface area contributed by atoms with Crippen molar-refractivity contribution in [3.8, 4) is 0 Å². The van der Waals surface area contributed by atoms with Crippen LogP contribution in [0.3, 0.4) is 0 Å². The van der Waals surface area contributed by atoms with Crippen molar-refractivity contribution in [2.24, 2.45) is 0 Å². The highest BCUT2D eigenvalue weighted by molar-refractivity contribution is 5.57. The van der Waals surface area contributed by atoms with Gasteiger partial charge in [0.15, 0.2) is 0 Å². The van der Waals surface area contributed by atoms with Gasteiger partial charge in [-0.25, -0.2) is 4.98 Å². The summed E-state index contributed by atoms with van der Waals surface area (Å²) in [4.78, 5) is 14.1. The summed E-state index contributed by atoms with van der Waals surface area (Å²) in [6, 6.07) is 9.01. The lowest BCUT2D eigenvalue weighted by atomic mass is 10.0. The van der Waals surface area contributed by atoms with E-state index in [0.717, 1.165) is 0 Å². The van der Waals surface area contributed by atoms with Gasteiger partial charge in [0.05, 0.1) is 4.92 Å². The summed E-state index contributed by atoms with van der Waals surface area (Å²) in [6.45, 7) is 4.69. The molecule has 6 heteroatoms. The number of anilines is 2. The number of benzene rings is 1.